The molecule has 0 heterocycles. The van der Waals surface area contributed by atoms with Crippen LogP contribution in [0.4, 0.5) is 0 Å². The summed E-state index contributed by atoms with van der Waals surface area (Å²) >= 11 is 0. The Kier molecular flexibility index (Phi) is 5.51. The third-order valence-corrected chi connectivity index (χ3v) is 2.83. The zero-order chi connectivity index (χ0) is 14.4. The summed E-state index contributed by atoms with van der Waals surface area (Å²) in [6.45, 7) is 3.23. The minimum atomic E-state index is -1.03. The predicted molar refractivity (Wildman–Crippen MR) is 72.6 cm³/mol. The van der Waals surface area contributed by atoms with E-state index in [0.29, 0.717) is 6.42 Å². The second-order valence-electron chi connectivity index (χ2n) is 4.75. The molecule has 0 bridgehead atoms. The Morgan fingerprint density at radius 2 is 1.84 bits per heavy atom. The lowest BCUT2D eigenvalue weighted by molar-refractivity contribution is -0.146. The van der Waals surface area contributed by atoms with Crippen molar-refractivity contribution < 1.29 is 14.7 Å². The van der Waals surface area contributed by atoms with Gasteiger partial charge in [-0.1, -0.05) is 30.3 Å². The average Bonchev–Trinajstić information content (AvgIpc) is 2.35. The molecule has 0 aliphatic heterocycles. The number of amides is 1. The molecular weight excluding hydrogens is 244 g/mol. The van der Waals surface area contributed by atoms with Gasteiger partial charge >= 0.3 is 5.97 Å². The van der Waals surface area contributed by atoms with E-state index in [9.17, 15) is 9.59 Å². The van der Waals surface area contributed by atoms with Crippen molar-refractivity contribution >= 4 is 11.9 Å². The van der Waals surface area contributed by atoms with Crippen LogP contribution in [0, 0.1) is 0 Å². The smallest absolute Gasteiger partial charge is 0.323 e. The first-order valence-electron chi connectivity index (χ1n) is 6.23. The van der Waals surface area contributed by atoms with Gasteiger partial charge in [-0.25, -0.2) is 0 Å². The van der Waals surface area contributed by atoms with E-state index in [1.807, 2.05) is 30.3 Å². The van der Waals surface area contributed by atoms with Gasteiger partial charge in [0, 0.05) is 6.04 Å². The number of carboxylic acid groups (broad SMARTS) is 1. The molecule has 0 spiro atoms. The minimum Gasteiger partial charge on any atom is -0.480 e. The van der Waals surface area contributed by atoms with Crippen LogP contribution in [0.5, 0.6) is 0 Å². The van der Waals surface area contributed by atoms with Crippen molar-refractivity contribution in [2.24, 2.45) is 5.73 Å². The molecule has 104 valence electrons. The summed E-state index contributed by atoms with van der Waals surface area (Å²) in [5, 5.41) is 8.82. The van der Waals surface area contributed by atoms with Gasteiger partial charge in [-0.15, -0.1) is 0 Å². The molecule has 0 saturated heterocycles. The van der Waals surface area contributed by atoms with E-state index in [2.05, 4.69) is 0 Å². The Bertz CT molecular complexity index is 432. The van der Waals surface area contributed by atoms with Crippen molar-refractivity contribution in [1.29, 1.82) is 0 Å². The number of hydrogen-bond acceptors (Lipinski definition) is 3. The predicted octanol–water partition coefficient (Wildman–Crippen LogP) is 0.878. The van der Waals surface area contributed by atoms with Gasteiger partial charge < -0.3 is 15.7 Å². The highest BCUT2D eigenvalue weighted by atomic mass is 16.4. The van der Waals surface area contributed by atoms with Crippen LogP contribution in [-0.2, 0) is 16.0 Å². The molecule has 1 amide bonds. The lowest BCUT2D eigenvalue weighted by Gasteiger charge is -2.27. The zero-order valence-electron chi connectivity index (χ0n) is 11.2. The summed E-state index contributed by atoms with van der Waals surface area (Å²) in [6, 6.07) is 8.53. The molecule has 0 radical (unpaired) electrons. The maximum Gasteiger partial charge on any atom is 0.323 e. The zero-order valence-corrected chi connectivity index (χ0v) is 11.2. The van der Waals surface area contributed by atoms with Crippen molar-refractivity contribution in [3.63, 3.8) is 0 Å². The number of benzene rings is 1. The number of hydrogen-bond donors (Lipinski definition) is 2. The van der Waals surface area contributed by atoms with E-state index in [0.717, 1.165) is 5.56 Å². The van der Waals surface area contributed by atoms with Gasteiger partial charge in [0.25, 0.3) is 0 Å². The van der Waals surface area contributed by atoms with Crippen LogP contribution < -0.4 is 5.73 Å². The molecule has 1 aromatic rings. The quantitative estimate of drug-likeness (QED) is 0.799. The molecule has 0 fully saturated rings. The molecular formula is C14H20N2O3. The second kappa shape index (κ2) is 6.89. The SMILES string of the molecule is CC(C)N(CC(=O)O)C(=O)[C@H](N)Cc1ccccc1. The first-order chi connectivity index (χ1) is 8.91. The van der Waals surface area contributed by atoms with Crippen molar-refractivity contribution in [3.8, 4) is 0 Å². The van der Waals surface area contributed by atoms with Crippen LogP contribution >= 0.6 is 0 Å². The van der Waals surface area contributed by atoms with Crippen molar-refractivity contribution in [3.05, 3.63) is 35.9 Å². The van der Waals surface area contributed by atoms with Crippen LogP contribution in [0.25, 0.3) is 0 Å². The first-order valence-corrected chi connectivity index (χ1v) is 6.23. The summed E-state index contributed by atoms with van der Waals surface area (Å²) in [4.78, 5) is 24.2. The first kappa shape index (κ1) is 15.2. The summed E-state index contributed by atoms with van der Waals surface area (Å²) in [7, 11) is 0. The van der Waals surface area contributed by atoms with Gasteiger partial charge in [-0.05, 0) is 25.8 Å². The molecule has 3 N–H and O–H groups in total. The molecule has 19 heavy (non-hydrogen) atoms. The van der Waals surface area contributed by atoms with Crippen LogP contribution in [-0.4, -0.2) is 40.5 Å². The monoisotopic (exact) mass is 264 g/mol. The van der Waals surface area contributed by atoms with Gasteiger partial charge in [-0.3, -0.25) is 9.59 Å². The van der Waals surface area contributed by atoms with E-state index in [4.69, 9.17) is 10.8 Å². The Labute approximate surface area is 113 Å². The van der Waals surface area contributed by atoms with Crippen molar-refractivity contribution in [2.45, 2.75) is 32.4 Å². The summed E-state index contributed by atoms with van der Waals surface area (Å²) < 4.78 is 0. The molecule has 5 heteroatoms. The fraction of sp³-hybridized carbons (Fsp3) is 0.429. The van der Waals surface area contributed by atoms with Crippen LogP contribution in [0.3, 0.4) is 0 Å². The van der Waals surface area contributed by atoms with Gasteiger partial charge in [0.2, 0.25) is 5.91 Å². The van der Waals surface area contributed by atoms with E-state index >= 15 is 0 Å². The maximum absolute atomic E-state index is 12.2. The number of carboxylic acids is 1. The number of carbonyl (C=O) groups excluding carboxylic acids is 1. The lowest BCUT2D eigenvalue weighted by Crippen LogP contribution is -2.49. The fourth-order valence-electron chi connectivity index (χ4n) is 1.83. The molecule has 1 aromatic carbocycles. The third-order valence-electron chi connectivity index (χ3n) is 2.83. The van der Waals surface area contributed by atoms with Crippen LogP contribution in [0.15, 0.2) is 30.3 Å². The highest BCUT2D eigenvalue weighted by Crippen LogP contribution is 2.07. The van der Waals surface area contributed by atoms with E-state index < -0.39 is 12.0 Å². The molecule has 0 aliphatic carbocycles. The Hall–Kier alpha value is -1.88. The van der Waals surface area contributed by atoms with Gasteiger partial charge in [0.05, 0.1) is 6.04 Å². The number of nitrogens with zero attached hydrogens (tertiary/aromatic N) is 1. The summed E-state index contributed by atoms with van der Waals surface area (Å²) in [5.74, 6) is -1.37. The molecule has 0 unspecified atom stereocenters. The highest BCUT2D eigenvalue weighted by Gasteiger charge is 2.25. The lowest BCUT2D eigenvalue weighted by atomic mass is 10.1. The molecule has 0 aromatic heterocycles. The standard InChI is InChI=1S/C14H20N2O3/c1-10(2)16(9-13(17)18)14(19)12(15)8-11-6-4-3-5-7-11/h3-7,10,12H,8-9,15H2,1-2H3,(H,17,18)/t12-/m1/s1. The molecule has 1 rings (SSSR count). The van der Waals surface area contributed by atoms with Gasteiger partial charge in [0.15, 0.2) is 0 Å². The third kappa shape index (κ3) is 4.71. The van der Waals surface area contributed by atoms with Gasteiger partial charge in [-0.2, -0.15) is 0 Å². The summed E-state index contributed by atoms with van der Waals surface area (Å²) in [5.41, 5.74) is 6.84. The minimum absolute atomic E-state index is 0.189. The molecule has 1 atom stereocenters. The van der Waals surface area contributed by atoms with E-state index in [1.165, 1.54) is 4.90 Å². The molecule has 0 saturated carbocycles. The number of aliphatic carboxylic acids is 1. The Morgan fingerprint density at radius 3 is 2.32 bits per heavy atom. The number of carbonyl (C=O) groups is 2. The van der Waals surface area contributed by atoms with Gasteiger partial charge in [0.1, 0.15) is 6.54 Å². The van der Waals surface area contributed by atoms with E-state index in [-0.39, 0.29) is 18.5 Å². The summed E-state index contributed by atoms with van der Waals surface area (Å²) in [6.07, 6.45) is 0.405. The topological polar surface area (TPSA) is 83.6 Å². The normalized spacial score (nSPS) is 12.2. The number of nitrogens with two attached hydrogens (primary N) is 1. The molecule has 5 nitrogen and oxygen atoms in total. The van der Waals surface area contributed by atoms with Crippen LogP contribution in [0.2, 0.25) is 0 Å². The largest absolute Gasteiger partial charge is 0.480 e. The highest BCUT2D eigenvalue weighted by molar-refractivity contribution is 5.85. The fourth-order valence-corrected chi connectivity index (χ4v) is 1.83. The van der Waals surface area contributed by atoms with Crippen LogP contribution in [0.1, 0.15) is 19.4 Å². The Morgan fingerprint density at radius 1 is 1.26 bits per heavy atom. The average molecular weight is 264 g/mol. The maximum atomic E-state index is 12.2. The van der Waals surface area contributed by atoms with E-state index in [1.54, 1.807) is 13.8 Å². The Balaban J connectivity index is 2.71. The molecule has 0 aliphatic rings. The van der Waals surface area contributed by atoms with Crippen molar-refractivity contribution in [1.82, 2.24) is 4.90 Å². The number of rotatable bonds is 6. The van der Waals surface area contributed by atoms with Crippen molar-refractivity contribution in [2.75, 3.05) is 6.54 Å². The second-order valence-corrected chi connectivity index (χ2v) is 4.75.